The Morgan fingerprint density at radius 3 is 1.90 bits per heavy atom. The van der Waals surface area contributed by atoms with Crippen molar-refractivity contribution in [2.75, 3.05) is 19.8 Å². The van der Waals surface area contributed by atoms with E-state index in [0.29, 0.717) is 74.0 Å². The van der Waals surface area contributed by atoms with Crippen molar-refractivity contribution < 1.29 is 43.0 Å². The molecule has 320 valence electrons. The number of hydrogen-bond donors (Lipinski definition) is 5. The number of rotatable bonds is 9. The van der Waals surface area contributed by atoms with Crippen molar-refractivity contribution in [3.63, 3.8) is 0 Å². The molecule has 2 atom stereocenters. The second-order valence-corrected chi connectivity index (χ2v) is 21.5. The Kier molecular flexibility index (Phi) is 15.9. The molecule has 2 aromatic carbocycles. The molecule has 4 amide bonds. The number of nitrogens with zero attached hydrogens (tertiary/aromatic N) is 3. The van der Waals surface area contributed by atoms with E-state index in [0.717, 1.165) is 37.3 Å². The molecule has 6 rings (SSSR count). The second-order valence-electron chi connectivity index (χ2n) is 15.9. The van der Waals surface area contributed by atoms with Gasteiger partial charge in [0, 0.05) is 32.0 Å². The summed E-state index contributed by atoms with van der Waals surface area (Å²) in [7, 11) is -1.23. The molecule has 2 aromatic heterocycles. The number of ketones is 2. The Morgan fingerprint density at radius 2 is 1.33 bits per heavy atom. The highest BCUT2D eigenvalue weighted by Gasteiger charge is 2.29. The van der Waals surface area contributed by atoms with E-state index in [1.165, 1.54) is 6.20 Å². The first-order valence-corrected chi connectivity index (χ1v) is 23.8. The molecular formula is C42H54N8O9Si. The van der Waals surface area contributed by atoms with Gasteiger partial charge in [0.25, 0.3) is 23.6 Å². The van der Waals surface area contributed by atoms with E-state index < -0.39 is 55.4 Å². The standard InChI is InChI=1S/C24H34N4O5Si.C18H20N4O4/c1-34(2,3)13-12-32-16-28-15-19-21(27-28)17-8-7-9-18(14-17)33-11-6-4-5-10-20(26-24(19)31)22(29)23(25)30;19-17(24)16(23)14-7-2-1-3-8-26-12-6-4-5-11(9-12)15-13(10-20-22-15)18(25)21-14/h7-9,14-15,20H,4-6,10-13,16H2,1-3H3,(H2,25,30)(H,26,31);4-6,9-10,14H,1-3,7-8H2,(H2,19,24)(H,20,22)(H,21,25)/t20-;14-/m00/s1. The fourth-order valence-corrected chi connectivity index (χ4v) is 7.30. The average molecular weight is 843 g/mol. The van der Waals surface area contributed by atoms with Crippen LogP contribution in [0.5, 0.6) is 11.5 Å². The molecule has 4 aromatic rings. The number of Topliss-reactive ketones (excluding diaryl/α,β-unsaturated/α-hetero) is 2. The van der Waals surface area contributed by atoms with E-state index in [2.05, 4.69) is 45.6 Å². The van der Waals surface area contributed by atoms with Crippen LogP contribution in [0, 0.1) is 0 Å². The van der Waals surface area contributed by atoms with Crippen molar-refractivity contribution in [2.24, 2.45) is 11.5 Å². The van der Waals surface area contributed by atoms with Gasteiger partial charge in [-0.15, -0.1) is 0 Å². The lowest BCUT2D eigenvalue weighted by atomic mass is 10.0. The summed E-state index contributed by atoms with van der Waals surface area (Å²) >= 11 is 0. The van der Waals surface area contributed by atoms with Crippen molar-refractivity contribution in [2.45, 2.75) is 95.9 Å². The molecule has 2 aliphatic heterocycles. The third-order valence-electron chi connectivity index (χ3n) is 9.88. The molecule has 0 radical (unpaired) electrons. The van der Waals surface area contributed by atoms with Gasteiger partial charge in [-0.2, -0.15) is 10.2 Å². The molecule has 0 saturated heterocycles. The van der Waals surface area contributed by atoms with Crippen LogP contribution >= 0.6 is 0 Å². The van der Waals surface area contributed by atoms with E-state index in [4.69, 9.17) is 25.7 Å². The van der Waals surface area contributed by atoms with Crippen LogP contribution in [0.15, 0.2) is 60.9 Å². The first-order valence-electron chi connectivity index (χ1n) is 20.1. The number of nitrogens with one attached hydrogen (secondary N) is 3. The Morgan fingerprint density at radius 1 is 0.783 bits per heavy atom. The minimum Gasteiger partial charge on any atom is -0.494 e. The summed E-state index contributed by atoms with van der Waals surface area (Å²) in [6.07, 6.45) is 8.12. The molecule has 0 aliphatic carbocycles. The molecular weight excluding hydrogens is 789 g/mol. The number of carbonyl (C=O) groups excluding carboxylic acids is 6. The van der Waals surface area contributed by atoms with E-state index >= 15 is 0 Å². The largest absolute Gasteiger partial charge is 0.494 e. The van der Waals surface area contributed by atoms with Gasteiger partial charge < -0.3 is 36.3 Å². The lowest BCUT2D eigenvalue weighted by molar-refractivity contribution is -0.137. The maximum absolute atomic E-state index is 13.2. The van der Waals surface area contributed by atoms with Crippen molar-refractivity contribution >= 4 is 43.3 Å². The van der Waals surface area contributed by atoms with Gasteiger partial charge in [0.05, 0.1) is 48.3 Å². The van der Waals surface area contributed by atoms with Crippen LogP contribution in [-0.2, 0) is 30.6 Å². The number of aromatic amines is 1. The predicted molar refractivity (Wildman–Crippen MR) is 225 cm³/mol. The fraction of sp³-hybridized carbons (Fsp3) is 0.429. The lowest BCUT2D eigenvalue weighted by Crippen LogP contribution is -2.46. The van der Waals surface area contributed by atoms with E-state index in [1.807, 2.05) is 48.5 Å². The summed E-state index contributed by atoms with van der Waals surface area (Å²) in [4.78, 5) is 73.1. The number of benzene rings is 2. The number of nitrogens with two attached hydrogens (primary N) is 2. The molecule has 0 unspecified atom stereocenters. The molecule has 0 fully saturated rings. The van der Waals surface area contributed by atoms with Crippen molar-refractivity contribution in [3.8, 4) is 34.0 Å². The van der Waals surface area contributed by atoms with E-state index in [9.17, 15) is 28.8 Å². The number of aromatic nitrogens is 4. The van der Waals surface area contributed by atoms with Crippen molar-refractivity contribution in [3.05, 3.63) is 72.1 Å². The number of ether oxygens (including phenoxy) is 3. The Bertz CT molecular complexity index is 2160. The molecule has 60 heavy (non-hydrogen) atoms. The van der Waals surface area contributed by atoms with Crippen molar-refractivity contribution in [1.82, 2.24) is 30.6 Å². The second kappa shape index (κ2) is 21.2. The van der Waals surface area contributed by atoms with Crippen LogP contribution in [0.4, 0.5) is 0 Å². The summed E-state index contributed by atoms with van der Waals surface area (Å²) < 4.78 is 19.0. The zero-order valence-corrected chi connectivity index (χ0v) is 35.3. The number of amides is 4. The van der Waals surface area contributed by atoms with Gasteiger partial charge in [0.15, 0.2) is 0 Å². The smallest absolute Gasteiger partial charge is 0.287 e. The number of carbonyl (C=O) groups is 6. The average Bonchev–Trinajstić information content (AvgIpc) is 3.89. The summed E-state index contributed by atoms with van der Waals surface area (Å²) in [5.74, 6) is -3.29. The fourth-order valence-electron chi connectivity index (χ4n) is 6.54. The van der Waals surface area contributed by atoms with Crippen LogP contribution in [0.3, 0.4) is 0 Å². The van der Waals surface area contributed by atoms with Gasteiger partial charge in [-0.1, -0.05) is 56.7 Å². The van der Waals surface area contributed by atoms with Crippen LogP contribution in [-0.4, -0.2) is 95.2 Å². The van der Waals surface area contributed by atoms with Crippen LogP contribution in [0.25, 0.3) is 22.5 Å². The number of fused-ring (bicyclic) bond motifs is 8. The van der Waals surface area contributed by atoms with Gasteiger partial charge in [-0.3, -0.25) is 33.9 Å². The SMILES string of the molecule is C[Si](C)(C)CCOCn1cc2c(n1)-c1cccc(c1)OCCCCC[C@@H](C(=O)C(N)=O)NC2=O.NC(=O)C(=O)[C@@H]1CCCCCOc2cccc(c2)-c2[nH]ncc2C(=O)N1. The van der Waals surface area contributed by atoms with Gasteiger partial charge in [0.1, 0.15) is 23.9 Å². The third kappa shape index (κ3) is 12.9. The zero-order valence-electron chi connectivity index (χ0n) is 34.3. The molecule has 2 aliphatic rings. The molecule has 0 spiro atoms. The van der Waals surface area contributed by atoms with Crippen molar-refractivity contribution in [1.29, 1.82) is 0 Å². The highest BCUT2D eigenvalue weighted by atomic mass is 28.3. The topological polar surface area (TPSA) is 253 Å². The zero-order chi connectivity index (χ0) is 43.2. The maximum atomic E-state index is 13.2. The van der Waals surface area contributed by atoms with Gasteiger partial charge in [0.2, 0.25) is 11.6 Å². The minimum atomic E-state index is -1.23. The maximum Gasteiger partial charge on any atom is 0.287 e. The summed E-state index contributed by atoms with van der Waals surface area (Å²) in [5.41, 5.74) is 13.3. The number of H-pyrrole nitrogens is 1. The Labute approximate surface area is 349 Å². The molecule has 4 heterocycles. The highest BCUT2D eigenvalue weighted by Crippen LogP contribution is 2.28. The summed E-state index contributed by atoms with van der Waals surface area (Å²) in [5, 5.41) is 16.7. The Hall–Kier alpha value is -6.14. The van der Waals surface area contributed by atoms with Gasteiger partial charge >= 0.3 is 0 Å². The molecule has 0 saturated carbocycles. The molecule has 18 heteroatoms. The normalized spacial score (nSPS) is 17.5. The predicted octanol–water partition coefficient (Wildman–Crippen LogP) is 4.15. The van der Waals surface area contributed by atoms with Gasteiger partial charge in [-0.05, 0) is 68.8 Å². The van der Waals surface area contributed by atoms with Crippen LogP contribution in [0.2, 0.25) is 25.7 Å². The lowest BCUT2D eigenvalue weighted by Gasteiger charge is -2.17. The van der Waals surface area contributed by atoms with Gasteiger partial charge in [-0.25, -0.2) is 4.68 Å². The minimum absolute atomic E-state index is 0.199. The van der Waals surface area contributed by atoms with Crippen LogP contribution < -0.4 is 31.6 Å². The van der Waals surface area contributed by atoms with E-state index in [1.54, 1.807) is 10.9 Å². The molecule has 7 N–H and O–H groups in total. The highest BCUT2D eigenvalue weighted by molar-refractivity contribution is 6.76. The molecule has 17 nitrogen and oxygen atoms in total. The summed E-state index contributed by atoms with van der Waals surface area (Å²) in [6, 6.07) is 13.8. The van der Waals surface area contributed by atoms with E-state index in [-0.39, 0.29) is 17.9 Å². The number of hydrogen-bond acceptors (Lipinski definition) is 11. The summed E-state index contributed by atoms with van der Waals surface area (Å²) in [6.45, 7) is 8.72. The third-order valence-corrected chi connectivity index (χ3v) is 11.6. The Balaban J connectivity index is 0.000000236. The van der Waals surface area contributed by atoms with Crippen LogP contribution in [0.1, 0.15) is 72.1 Å². The monoisotopic (exact) mass is 842 g/mol. The first-order chi connectivity index (χ1) is 28.7. The molecule has 4 bridgehead atoms. The quantitative estimate of drug-likeness (QED) is 0.0909. The number of primary amides is 2. The first kappa shape index (κ1) is 45.0.